The Bertz CT molecular complexity index is 616. The Morgan fingerprint density at radius 2 is 1.74 bits per heavy atom. The molecule has 0 amide bonds. The van der Waals surface area contributed by atoms with Crippen molar-refractivity contribution in [3.8, 4) is 0 Å². The highest BCUT2D eigenvalue weighted by Gasteiger charge is 2.08. The molecule has 0 radical (unpaired) electrons. The summed E-state index contributed by atoms with van der Waals surface area (Å²) in [5.41, 5.74) is 4.02. The maximum absolute atomic E-state index is 10.9. The van der Waals surface area contributed by atoms with Crippen molar-refractivity contribution in [2.24, 2.45) is 0 Å². The third-order valence-corrected chi connectivity index (χ3v) is 2.81. The van der Waals surface area contributed by atoms with Crippen molar-refractivity contribution in [2.75, 3.05) is 5.32 Å². The minimum atomic E-state index is -0.956. The van der Waals surface area contributed by atoms with Crippen molar-refractivity contribution < 1.29 is 9.90 Å². The van der Waals surface area contributed by atoms with Gasteiger partial charge in [0, 0.05) is 5.69 Å². The van der Waals surface area contributed by atoms with E-state index in [-0.39, 0.29) is 5.56 Å². The maximum atomic E-state index is 10.9. The van der Waals surface area contributed by atoms with Crippen molar-refractivity contribution in [2.45, 2.75) is 20.8 Å². The van der Waals surface area contributed by atoms with Gasteiger partial charge in [-0.05, 0) is 56.2 Å². The molecule has 0 spiro atoms. The molecule has 0 atom stereocenters. The van der Waals surface area contributed by atoms with Crippen LogP contribution < -0.4 is 5.32 Å². The Morgan fingerprint density at radius 3 is 2.26 bits per heavy atom. The van der Waals surface area contributed by atoms with Crippen LogP contribution in [0.4, 0.5) is 11.5 Å². The lowest BCUT2D eigenvalue weighted by atomic mass is 10.1. The summed E-state index contributed by atoms with van der Waals surface area (Å²) >= 11 is 0. The first-order valence-corrected chi connectivity index (χ1v) is 6.02. The van der Waals surface area contributed by atoms with Gasteiger partial charge in [0.25, 0.3) is 0 Å². The molecule has 2 aromatic rings. The van der Waals surface area contributed by atoms with Crippen LogP contribution in [-0.4, -0.2) is 16.1 Å². The molecule has 2 rings (SSSR count). The second-order valence-electron chi connectivity index (χ2n) is 4.64. The predicted octanol–water partition coefficient (Wildman–Crippen LogP) is 3.45. The van der Waals surface area contributed by atoms with E-state index in [2.05, 4.69) is 16.4 Å². The minimum absolute atomic E-state index is 0.228. The van der Waals surface area contributed by atoms with Crippen molar-refractivity contribution in [1.29, 1.82) is 0 Å². The molecule has 19 heavy (non-hydrogen) atoms. The fraction of sp³-hybridized carbons (Fsp3) is 0.200. The standard InChI is InChI=1S/C15H16N2O2/c1-9-6-10(2)8-12(7-9)17-14-5-4-13(15(18)19)11(3)16-14/h4-8H,1-3H3,(H,16,17)(H,18,19). The second kappa shape index (κ2) is 5.10. The predicted molar refractivity (Wildman–Crippen MR) is 75.1 cm³/mol. The topological polar surface area (TPSA) is 62.2 Å². The molecule has 0 fully saturated rings. The lowest BCUT2D eigenvalue weighted by Crippen LogP contribution is -2.03. The number of aryl methyl sites for hydroxylation is 3. The lowest BCUT2D eigenvalue weighted by molar-refractivity contribution is 0.0695. The van der Waals surface area contributed by atoms with Gasteiger partial charge in [-0.25, -0.2) is 9.78 Å². The number of benzene rings is 1. The Labute approximate surface area is 112 Å². The number of nitrogens with zero attached hydrogens (tertiary/aromatic N) is 1. The average Bonchev–Trinajstić information content (AvgIpc) is 2.26. The quantitative estimate of drug-likeness (QED) is 0.883. The summed E-state index contributed by atoms with van der Waals surface area (Å²) in [5.74, 6) is -0.310. The first-order chi connectivity index (χ1) is 8.95. The summed E-state index contributed by atoms with van der Waals surface area (Å²) in [6, 6.07) is 9.38. The van der Waals surface area contributed by atoms with Crippen LogP contribution in [0.2, 0.25) is 0 Å². The van der Waals surface area contributed by atoms with E-state index in [4.69, 9.17) is 5.11 Å². The molecule has 0 bridgehead atoms. The first kappa shape index (κ1) is 13.1. The summed E-state index contributed by atoms with van der Waals surface area (Å²) in [6.45, 7) is 5.75. The molecule has 1 aromatic heterocycles. The molecule has 0 saturated carbocycles. The van der Waals surface area contributed by atoms with E-state index in [1.165, 1.54) is 11.1 Å². The molecular formula is C15H16N2O2. The largest absolute Gasteiger partial charge is 0.478 e. The van der Waals surface area contributed by atoms with Gasteiger partial charge in [0.05, 0.1) is 11.3 Å². The van der Waals surface area contributed by atoms with Gasteiger partial charge in [0.2, 0.25) is 0 Å². The molecule has 2 N–H and O–H groups in total. The highest BCUT2D eigenvalue weighted by molar-refractivity contribution is 5.89. The highest BCUT2D eigenvalue weighted by atomic mass is 16.4. The van der Waals surface area contributed by atoms with Gasteiger partial charge < -0.3 is 10.4 Å². The number of carboxylic acids is 1. The molecule has 4 heteroatoms. The molecule has 98 valence electrons. The van der Waals surface area contributed by atoms with Crippen LogP contribution in [0, 0.1) is 20.8 Å². The molecule has 0 aliphatic rings. The Hall–Kier alpha value is -2.36. The zero-order chi connectivity index (χ0) is 14.0. The summed E-state index contributed by atoms with van der Waals surface area (Å²) in [4.78, 5) is 15.2. The fourth-order valence-corrected chi connectivity index (χ4v) is 2.05. The van der Waals surface area contributed by atoms with Gasteiger partial charge in [0.15, 0.2) is 0 Å². The van der Waals surface area contributed by atoms with Crippen molar-refractivity contribution >= 4 is 17.5 Å². The van der Waals surface area contributed by atoms with Gasteiger partial charge >= 0.3 is 5.97 Å². The van der Waals surface area contributed by atoms with Crippen LogP contribution in [0.25, 0.3) is 0 Å². The number of nitrogens with one attached hydrogen (secondary N) is 1. The Kier molecular flexibility index (Phi) is 3.51. The van der Waals surface area contributed by atoms with Gasteiger partial charge in [-0.15, -0.1) is 0 Å². The summed E-state index contributed by atoms with van der Waals surface area (Å²) in [6.07, 6.45) is 0. The number of aromatic nitrogens is 1. The van der Waals surface area contributed by atoms with Crippen LogP contribution in [0.5, 0.6) is 0 Å². The Balaban J connectivity index is 2.28. The van der Waals surface area contributed by atoms with Gasteiger partial charge in [-0.2, -0.15) is 0 Å². The molecule has 0 aliphatic carbocycles. The van der Waals surface area contributed by atoms with Crippen LogP contribution in [0.3, 0.4) is 0 Å². The molecule has 1 aromatic carbocycles. The molecule has 0 aliphatic heterocycles. The Morgan fingerprint density at radius 1 is 1.11 bits per heavy atom. The van der Waals surface area contributed by atoms with Crippen LogP contribution in [0.15, 0.2) is 30.3 Å². The third-order valence-electron chi connectivity index (χ3n) is 2.81. The normalized spacial score (nSPS) is 10.3. The summed E-state index contributed by atoms with van der Waals surface area (Å²) in [7, 11) is 0. The second-order valence-corrected chi connectivity index (χ2v) is 4.64. The zero-order valence-corrected chi connectivity index (χ0v) is 11.2. The van der Waals surface area contributed by atoms with E-state index in [1.807, 2.05) is 26.0 Å². The number of carbonyl (C=O) groups is 1. The molecular weight excluding hydrogens is 240 g/mol. The summed E-state index contributed by atoms with van der Waals surface area (Å²) < 4.78 is 0. The number of hydrogen-bond acceptors (Lipinski definition) is 3. The number of carboxylic acid groups (broad SMARTS) is 1. The number of aromatic carboxylic acids is 1. The van der Waals surface area contributed by atoms with Crippen molar-refractivity contribution in [3.63, 3.8) is 0 Å². The van der Waals surface area contributed by atoms with E-state index >= 15 is 0 Å². The van der Waals surface area contributed by atoms with E-state index in [0.29, 0.717) is 11.5 Å². The van der Waals surface area contributed by atoms with Crippen molar-refractivity contribution in [1.82, 2.24) is 4.98 Å². The minimum Gasteiger partial charge on any atom is -0.478 e. The highest BCUT2D eigenvalue weighted by Crippen LogP contribution is 2.19. The van der Waals surface area contributed by atoms with Crippen molar-refractivity contribution in [3.05, 3.63) is 52.7 Å². The van der Waals surface area contributed by atoms with E-state index < -0.39 is 5.97 Å². The first-order valence-electron chi connectivity index (χ1n) is 6.02. The monoisotopic (exact) mass is 256 g/mol. The number of anilines is 2. The lowest BCUT2D eigenvalue weighted by Gasteiger charge is -2.09. The third kappa shape index (κ3) is 3.10. The van der Waals surface area contributed by atoms with E-state index in [0.717, 1.165) is 5.69 Å². The molecule has 4 nitrogen and oxygen atoms in total. The van der Waals surface area contributed by atoms with Gasteiger partial charge in [-0.1, -0.05) is 6.07 Å². The SMILES string of the molecule is Cc1cc(C)cc(Nc2ccc(C(=O)O)c(C)n2)c1. The molecule has 0 unspecified atom stereocenters. The van der Waals surface area contributed by atoms with E-state index in [1.54, 1.807) is 19.1 Å². The fourth-order valence-electron chi connectivity index (χ4n) is 2.05. The number of hydrogen-bond donors (Lipinski definition) is 2. The van der Waals surface area contributed by atoms with E-state index in [9.17, 15) is 4.79 Å². The maximum Gasteiger partial charge on any atom is 0.337 e. The van der Waals surface area contributed by atoms with Crippen LogP contribution >= 0.6 is 0 Å². The number of pyridine rings is 1. The average molecular weight is 256 g/mol. The zero-order valence-electron chi connectivity index (χ0n) is 11.2. The number of rotatable bonds is 3. The van der Waals surface area contributed by atoms with Gasteiger partial charge in [0.1, 0.15) is 5.82 Å². The smallest absolute Gasteiger partial charge is 0.337 e. The molecule has 1 heterocycles. The molecule has 0 saturated heterocycles. The van der Waals surface area contributed by atoms with Gasteiger partial charge in [-0.3, -0.25) is 0 Å². The van der Waals surface area contributed by atoms with Crippen LogP contribution in [0.1, 0.15) is 27.2 Å². The summed E-state index contributed by atoms with van der Waals surface area (Å²) in [5, 5.41) is 12.1. The van der Waals surface area contributed by atoms with Crippen LogP contribution in [-0.2, 0) is 0 Å².